The van der Waals surface area contributed by atoms with Gasteiger partial charge in [-0.3, -0.25) is 9.59 Å². The van der Waals surface area contributed by atoms with Crippen LogP contribution >= 0.6 is 0 Å². The molecule has 148 valence electrons. The van der Waals surface area contributed by atoms with Crippen molar-refractivity contribution in [2.75, 3.05) is 10.6 Å². The summed E-state index contributed by atoms with van der Waals surface area (Å²) in [4.78, 5) is 24.1. The molecule has 0 spiro atoms. The van der Waals surface area contributed by atoms with Crippen molar-refractivity contribution in [1.29, 1.82) is 0 Å². The maximum atomic E-state index is 12.2. The second-order valence-electron chi connectivity index (χ2n) is 6.39. The van der Waals surface area contributed by atoms with Crippen molar-refractivity contribution in [3.63, 3.8) is 0 Å². The lowest BCUT2D eigenvalue weighted by molar-refractivity contribution is -0.111. The Morgan fingerprint density at radius 2 is 1.63 bits per heavy atom. The third-order valence-electron chi connectivity index (χ3n) is 4.21. The molecule has 4 aromatic rings. The molecule has 0 unspecified atom stereocenters. The fourth-order valence-electron chi connectivity index (χ4n) is 2.74. The quantitative estimate of drug-likeness (QED) is 0.472. The summed E-state index contributed by atoms with van der Waals surface area (Å²) in [6.45, 7) is 0. The molecule has 2 N–H and O–H groups in total. The van der Waals surface area contributed by atoms with Gasteiger partial charge in [-0.2, -0.15) is 5.10 Å². The largest absolute Gasteiger partial charge is 0.459 e. The SMILES string of the molecule is O=C(/C=C/c1cnn(-c2ccccc2)c1)Nc1ccc(NC(=O)c2ccco2)cc1. The van der Waals surface area contributed by atoms with Gasteiger partial charge in [0, 0.05) is 29.2 Å². The molecule has 0 bridgehead atoms. The minimum absolute atomic E-state index is 0.230. The smallest absolute Gasteiger partial charge is 0.291 e. The lowest BCUT2D eigenvalue weighted by atomic mass is 10.2. The molecule has 2 aromatic heterocycles. The summed E-state index contributed by atoms with van der Waals surface area (Å²) in [6, 6.07) is 19.8. The van der Waals surface area contributed by atoms with Crippen LogP contribution in [0.4, 0.5) is 11.4 Å². The number of benzene rings is 2. The Kier molecular flexibility index (Phi) is 5.52. The Labute approximate surface area is 172 Å². The van der Waals surface area contributed by atoms with Gasteiger partial charge in [0.15, 0.2) is 5.76 Å². The number of nitrogens with one attached hydrogen (secondary N) is 2. The standard InChI is InChI=1S/C23H18N4O3/c28-22(13-8-17-15-24-27(16-17)20-5-2-1-3-6-20)25-18-9-11-19(12-10-18)26-23(29)21-7-4-14-30-21/h1-16H,(H,25,28)(H,26,29)/b13-8+. The van der Waals surface area contributed by atoms with E-state index < -0.39 is 0 Å². The van der Waals surface area contributed by atoms with E-state index in [4.69, 9.17) is 4.42 Å². The summed E-state index contributed by atoms with van der Waals surface area (Å²) in [5.74, 6) is -0.376. The van der Waals surface area contributed by atoms with Crippen molar-refractivity contribution in [3.05, 3.63) is 103 Å². The van der Waals surface area contributed by atoms with Crippen molar-refractivity contribution in [3.8, 4) is 5.69 Å². The number of carbonyl (C=O) groups excluding carboxylic acids is 2. The lowest BCUT2D eigenvalue weighted by Gasteiger charge is -2.05. The number of hydrogen-bond acceptors (Lipinski definition) is 4. The van der Waals surface area contributed by atoms with E-state index in [1.165, 1.54) is 12.3 Å². The molecular formula is C23H18N4O3. The second-order valence-corrected chi connectivity index (χ2v) is 6.39. The van der Waals surface area contributed by atoms with Crippen LogP contribution in [-0.2, 0) is 4.79 Å². The van der Waals surface area contributed by atoms with Gasteiger partial charge in [0.1, 0.15) is 0 Å². The van der Waals surface area contributed by atoms with Crippen LogP contribution < -0.4 is 10.6 Å². The number of aromatic nitrogens is 2. The number of hydrogen-bond donors (Lipinski definition) is 2. The van der Waals surface area contributed by atoms with Gasteiger partial charge in [0.05, 0.1) is 18.1 Å². The lowest BCUT2D eigenvalue weighted by Crippen LogP contribution is -2.11. The van der Waals surface area contributed by atoms with Gasteiger partial charge in [-0.1, -0.05) is 18.2 Å². The zero-order valence-electron chi connectivity index (χ0n) is 15.9. The minimum atomic E-state index is -0.337. The molecule has 7 heteroatoms. The highest BCUT2D eigenvalue weighted by Crippen LogP contribution is 2.15. The first-order valence-electron chi connectivity index (χ1n) is 9.21. The van der Waals surface area contributed by atoms with Gasteiger partial charge in [-0.05, 0) is 54.6 Å². The number of amides is 2. The van der Waals surface area contributed by atoms with Gasteiger partial charge in [0.25, 0.3) is 5.91 Å². The topological polar surface area (TPSA) is 89.2 Å². The first kappa shape index (κ1) is 18.9. The predicted octanol–water partition coefficient (Wildman–Crippen LogP) is 4.37. The Bertz CT molecular complexity index is 1160. The van der Waals surface area contributed by atoms with Gasteiger partial charge >= 0.3 is 0 Å². The average molecular weight is 398 g/mol. The molecule has 2 aromatic carbocycles. The highest BCUT2D eigenvalue weighted by atomic mass is 16.3. The van der Waals surface area contributed by atoms with Gasteiger partial charge in [-0.25, -0.2) is 4.68 Å². The van der Waals surface area contributed by atoms with E-state index in [-0.39, 0.29) is 17.6 Å². The van der Waals surface area contributed by atoms with E-state index >= 15 is 0 Å². The van der Waals surface area contributed by atoms with Crippen molar-refractivity contribution < 1.29 is 14.0 Å². The molecule has 0 saturated heterocycles. The average Bonchev–Trinajstić information content (AvgIpc) is 3.47. The Morgan fingerprint density at radius 3 is 2.33 bits per heavy atom. The van der Waals surface area contributed by atoms with Gasteiger partial charge in [0.2, 0.25) is 5.91 Å². The molecular weight excluding hydrogens is 380 g/mol. The van der Waals surface area contributed by atoms with Crippen LogP contribution in [0.3, 0.4) is 0 Å². The molecule has 0 radical (unpaired) electrons. The molecule has 30 heavy (non-hydrogen) atoms. The Balaban J connectivity index is 1.33. The van der Waals surface area contributed by atoms with Crippen LogP contribution in [0.25, 0.3) is 11.8 Å². The van der Waals surface area contributed by atoms with Crippen LogP contribution in [0.2, 0.25) is 0 Å². The van der Waals surface area contributed by atoms with E-state index in [1.807, 2.05) is 36.5 Å². The summed E-state index contributed by atoms with van der Waals surface area (Å²) >= 11 is 0. The highest BCUT2D eigenvalue weighted by molar-refractivity contribution is 6.03. The van der Waals surface area contributed by atoms with E-state index in [0.29, 0.717) is 11.4 Å². The third kappa shape index (κ3) is 4.71. The number of para-hydroxylation sites is 1. The van der Waals surface area contributed by atoms with Crippen LogP contribution in [0.5, 0.6) is 0 Å². The second kappa shape index (κ2) is 8.74. The van der Waals surface area contributed by atoms with Crippen LogP contribution in [0.15, 0.2) is 95.9 Å². The van der Waals surface area contributed by atoms with Crippen LogP contribution in [0.1, 0.15) is 16.1 Å². The molecule has 0 fully saturated rings. The van der Waals surface area contributed by atoms with E-state index in [0.717, 1.165) is 11.3 Å². The molecule has 4 rings (SSSR count). The van der Waals surface area contributed by atoms with E-state index in [2.05, 4.69) is 15.7 Å². The summed E-state index contributed by atoms with van der Waals surface area (Å²) < 4.78 is 6.79. The van der Waals surface area contributed by atoms with E-state index in [9.17, 15) is 9.59 Å². The third-order valence-corrected chi connectivity index (χ3v) is 4.21. The summed E-state index contributed by atoms with van der Waals surface area (Å²) in [7, 11) is 0. The molecule has 7 nitrogen and oxygen atoms in total. The number of nitrogens with zero attached hydrogens (tertiary/aromatic N) is 2. The molecule has 0 aliphatic carbocycles. The highest BCUT2D eigenvalue weighted by Gasteiger charge is 2.08. The molecule has 0 saturated carbocycles. The summed E-state index contributed by atoms with van der Waals surface area (Å²) in [5.41, 5.74) is 2.96. The van der Waals surface area contributed by atoms with Gasteiger partial charge in [-0.15, -0.1) is 0 Å². The summed E-state index contributed by atoms with van der Waals surface area (Å²) in [6.07, 6.45) is 8.11. The van der Waals surface area contributed by atoms with Crippen LogP contribution in [-0.4, -0.2) is 21.6 Å². The van der Waals surface area contributed by atoms with Crippen molar-refractivity contribution in [2.45, 2.75) is 0 Å². The molecule has 2 heterocycles. The Hall–Kier alpha value is -4.39. The predicted molar refractivity (Wildman–Crippen MR) is 114 cm³/mol. The monoisotopic (exact) mass is 398 g/mol. The van der Waals surface area contributed by atoms with E-state index in [1.54, 1.807) is 53.4 Å². The maximum absolute atomic E-state index is 12.2. The fraction of sp³-hybridized carbons (Fsp3) is 0. The maximum Gasteiger partial charge on any atom is 0.291 e. The first-order valence-corrected chi connectivity index (χ1v) is 9.21. The normalized spacial score (nSPS) is 10.8. The van der Waals surface area contributed by atoms with Crippen molar-refractivity contribution >= 4 is 29.3 Å². The fourth-order valence-corrected chi connectivity index (χ4v) is 2.74. The number of furan rings is 1. The van der Waals surface area contributed by atoms with Crippen LogP contribution in [0, 0.1) is 0 Å². The minimum Gasteiger partial charge on any atom is -0.459 e. The molecule has 0 aliphatic rings. The summed E-state index contributed by atoms with van der Waals surface area (Å²) in [5, 5.41) is 9.79. The number of anilines is 2. The molecule has 0 aliphatic heterocycles. The Morgan fingerprint density at radius 1 is 0.900 bits per heavy atom. The zero-order valence-corrected chi connectivity index (χ0v) is 15.9. The van der Waals surface area contributed by atoms with Gasteiger partial charge < -0.3 is 15.1 Å². The number of rotatable bonds is 6. The molecule has 2 amide bonds. The zero-order chi connectivity index (χ0) is 20.8. The molecule has 0 atom stereocenters. The number of carbonyl (C=O) groups is 2. The van der Waals surface area contributed by atoms with Crippen molar-refractivity contribution in [1.82, 2.24) is 9.78 Å². The van der Waals surface area contributed by atoms with Crippen molar-refractivity contribution in [2.24, 2.45) is 0 Å². The first-order chi connectivity index (χ1) is 14.7.